The minimum absolute atomic E-state index is 0.0916. The van der Waals surface area contributed by atoms with Crippen LogP contribution in [0, 0.1) is 16.2 Å². The molecule has 0 aromatic rings. The molecular formula is C29H44. The Bertz CT molecular complexity index is 728. The molecule has 0 aromatic carbocycles. The van der Waals surface area contributed by atoms with Crippen molar-refractivity contribution in [3.63, 3.8) is 0 Å². The molecular weight excluding hydrogens is 348 g/mol. The van der Waals surface area contributed by atoms with Crippen molar-refractivity contribution in [3.05, 3.63) is 71.9 Å². The molecule has 0 radical (unpaired) electrons. The van der Waals surface area contributed by atoms with E-state index >= 15 is 0 Å². The van der Waals surface area contributed by atoms with Gasteiger partial charge in [-0.1, -0.05) is 113 Å². The van der Waals surface area contributed by atoms with Crippen molar-refractivity contribution in [1.29, 1.82) is 0 Å². The monoisotopic (exact) mass is 392 g/mol. The third kappa shape index (κ3) is 5.53. The first-order valence-corrected chi connectivity index (χ1v) is 11.7. The molecule has 29 heavy (non-hydrogen) atoms. The molecule has 0 saturated carbocycles. The summed E-state index contributed by atoms with van der Waals surface area (Å²) in [5, 5.41) is 0. The lowest BCUT2D eigenvalue weighted by Gasteiger charge is -2.49. The Kier molecular flexibility index (Phi) is 7.77. The summed E-state index contributed by atoms with van der Waals surface area (Å²) < 4.78 is 0. The van der Waals surface area contributed by atoms with Crippen LogP contribution in [0.2, 0.25) is 0 Å². The molecule has 0 aromatic heterocycles. The molecule has 2 aliphatic rings. The van der Waals surface area contributed by atoms with Gasteiger partial charge in [0, 0.05) is 10.8 Å². The first-order chi connectivity index (χ1) is 13.6. The largest absolute Gasteiger partial charge is 0.0999 e. The fourth-order valence-corrected chi connectivity index (χ4v) is 5.29. The second kappa shape index (κ2) is 9.50. The molecule has 160 valence electrons. The highest BCUT2D eigenvalue weighted by atomic mass is 14.5. The summed E-state index contributed by atoms with van der Waals surface area (Å²) in [6.07, 6.45) is 23.8. The molecule has 0 heteroatoms. The summed E-state index contributed by atoms with van der Waals surface area (Å²) in [6.45, 7) is 22.4. The first kappa shape index (κ1) is 23.7. The molecule has 1 unspecified atom stereocenters. The summed E-state index contributed by atoms with van der Waals surface area (Å²) >= 11 is 0. The second-order valence-electron chi connectivity index (χ2n) is 10.2. The third-order valence-electron chi connectivity index (χ3n) is 7.00. The maximum Gasteiger partial charge on any atom is 0.0315 e. The van der Waals surface area contributed by atoms with Gasteiger partial charge < -0.3 is 0 Å². The van der Waals surface area contributed by atoms with Crippen molar-refractivity contribution in [2.45, 2.75) is 92.9 Å². The van der Waals surface area contributed by atoms with Crippen LogP contribution in [-0.2, 0) is 0 Å². The van der Waals surface area contributed by atoms with E-state index in [9.17, 15) is 0 Å². The van der Waals surface area contributed by atoms with Gasteiger partial charge >= 0.3 is 0 Å². The maximum atomic E-state index is 4.37. The molecule has 0 bridgehead atoms. The van der Waals surface area contributed by atoms with Crippen molar-refractivity contribution < 1.29 is 0 Å². The van der Waals surface area contributed by atoms with E-state index in [-0.39, 0.29) is 16.2 Å². The van der Waals surface area contributed by atoms with E-state index in [1.807, 2.05) is 0 Å². The minimum atomic E-state index is 0.0916. The van der Waals surface area contributed by atoms with Crippen LogP contribution in [0.3, 0.4) is 0 Å². The summed E-state index contributed by atoms with van der Waals surface area (Å²) in [5.41, 5.74) is 6.27. The third-order valence-corrected chi connectivity index (χ3v) is 7.00. The van der Waals surface area contributed by atoms with Crippen LogP contribution in [0.25, 0.3) is 0 Å². The number of hydrogen-bond acceptors (Lipinski definition) is 0. The predicted molar refractivity (Wildman–Crippen MR) is 131 cm³/mol. The zero-order chi connectivity index (χ0) is 21.7. The zero-order valence-corrected chi connectivity index (χ0v) is 20.0. The molecule has 0 nitrogen and oxygen atoms in total. The molecule has 2 rings (SSSR count). The van der Waals surface area contributed by atoms with E-state index in [4.69, 9.17) is 0 Å². The Morgan fingerprint density at radius 2 is 1.79 bits per heavy atom. The van der Waals surface area contributed by atoms with Gasteiger partial charge in [-0.05, 0) is 57.3 Å². The topological polar surface area (TPSA) is 0 Å². The summed E-state index contributed by atoms with van der Waals surface area (Å²) in [5.74, 6) is 0. The summed E-state index contributed by atoms with van der Waals surface area (Å²) in [6, 6.07) is 0. The molecule has 0 saturated heterocycles. The fraction of sp³-hybridized carbons (Fsp3) is 0.586. The van der Waals surface area contributed by atoms with Crippen LogP contribution in [0.1, 0.15) is 92.9 Å². The smallest absolute Gasteiger partial charge is 0.0315 e. The molecule has 0 fully saturated rings. The van der Waals surface area contributed by atoms with E-state index in [0.717, 1.165) is 31.3 Å². The van der Waals surface area contributed by atoms with Crippen molar-refractivity contribution in [2.75, 3.05) is 0 Å². The predicted octanol–water partition coefficient (Wildman–Crippen LogP) is 9.29. The van der Waals surface area contributed by atoms with Crippen LogP contribution in [0.15, 0.2) is 71.9 Å². The SMILES string of the molecule is C=C(C)/C=C/CC1(C2=CCC(C)(CCC(=C)CCCC)/C(=C\CC)C2(C)C)C=C1. The van der Waals surface area contributed by atoms with Gasteiger partial charge in [-0.25, -0.2) is 0 Å². The Hall–Kier alpha value is -1.56. The zero-order valence-electron chi connectivity index (χ0n) is 20.0. The number of rotatable bonds is 11. The van der Waals surface area contributed by atoms with Crippen molar-refractivity contribution in [1.82, 2.24) is 0 Å². The van der Waals surface area contributed by atoms with E-state index in [1.54, 1.807) is 11.1 Å². The van der Waals surface area contributed by atoms with E-state index < -0.39 is 0 Å². The lowest BCUT2D eigenvalue weighted by Crippen LogP contribution is -2.37. The van der Waals surface area contributed by atoms with Crippen LogP contribution < -0.4 is 0 Å². The first-order valence-electron chi connectivity index (χ1n) is 11.7. The van der Waals surface area contributed by atoms with Crippen LogP contribution >= 0.6 is 0 Å². The normalized spacial score (nSPS) is 26.0. The molecule has 1 atom stereocenters. The summed E-state index contributed by atoms with van der Waals surface area (Å²) in [4.78, 5) is 0. The Morgan fingerprint density at radius 3 is 2.34 bits per heavy atom. The highest BCUT2D eigenvalue weighted by Crippen LogP contribution is 2.62. The highest BCUT2D eigenvalue weighted by Gasteiger charge is 2.50. The number of hydrogen-bond donors (Lipinski definition) is 0. The van der Waals surface area contributed by atoms with Gasteiger partial charge in [0.15, 0.2) is 0 Å². The van der Waals surface area contributed by atoms with Crippen molar-refractivity contribution in [3.8, 4) is 0 Å². The van der Waals surface area contributed by atoms with Gasteiger partial charge in [0.05, 0.1) is 0 Å². The summed E-state index contributed by atoms with van der Waals surface area (Å²) in [7, 11) is 0. The van der Waals surface area contributed by atoms with Crippen LogP contribution in [0.4, 0.5) is 0 Å². The second-order valence-corrected chi connectivity index (χ2v) is 10.2. The van der Waals surface area contributed by atoms with Gasteiger partial charge in [-0.2, -0.15) is 0 Å². The van der Waals surface area contributed by atoms with Gasteiger partial charge in [-0.15, -0.1) is 0 Å². The number of allylic oxidation sites excluding steroid dienone is 10. The average molecular weight is 393 g/mol. The maximum absolute atomic E-state index is 4.37. The molecule has 0 amide bonds. The van der Waals surface area contributed by atoms with E-state index in [0.29, 0.717) is 0 Å². The van der Waals surface area contributed by atoms with Crippen molar-refractivity contribution in [2.24, 2.45) is 16.2 Å². The fourth-order valence-electron chi connectivity index (χ4n) is 5.29. The molecule has 0 heterocycles. The standard InChI is InChI=1S/C29H44/c1-9-11-15-24(5)16-19-28(8)20-17-26(27(6,7)25(28)13-10-2)29(21-22-29)18-12-14-23(3)4/h12-14,17,21-22H,3,5,9-11,15-16,18-20H2,1-2,4,6-8H3/b14-12+,25-13-. The van der Waals surface area contributed by atoms with E-state index in [1.165, 1.54) is 31.3 Å². The van der Waals surface area contributed by atoms with Crippen LogP contribution in [0.5, 0.6) is 0 Å². The van der Waals surface area contributed by atoms with Gasteiger partial charge in [0.1, 0.15) is 0 Å². The molecule has 0 spiro atoms. The van der Waals surface area contributed by atoms with Gasteiger partial charge in [0.25, 0.3) is 0 Å². The number of unbranched alkanes of at least 4 members (excludes halogenated alkanes) is 1. The molecule has 0 aliphatic heterocycles. The Balaban J connectivity index is 2.25. The Labute approximate surface area is 181 Å². The minimum Gasteiger partial charge on any atom is -0.0999 e. The lowest BCUT2D eigenvalue weighted by molar-refractivity contribution is 0.264. The van der Waals surface area contributed by atoms with Crippen molar-refractivity contribution >= 4 is 0 Å². The molecule has 0 N–H and O–H groups in total. The molecule has 2 aliphatic carbocycles. The van der Waals surface area contributed by atoms with Crippen LogP contribution in [-0.4, -0.2) is 0 Å². The van der Waals surface area contributed by atoms with Gasteiger partial charge in [0.2, 0.25) is 0 Å². The van der Waals surface area contributed by atoms with E-state index in [2.05, 4.69) is 91.2 Å². The Morgan fingerprint density at radius 1 is 1.10 bits per heavy atom. The lowest BCUT2D eigenvalue weighted by atomic mass is 9.55. The quantitative estimate of drug-likeness (QED) is 0.243. The average Bonchev–Trinajstić information content (AvgIpc) is 3.41. The van der Waals surface area contributed by atoms with Gasteiger partial charge in [-0.3, -0.25) is 0 Å². The highest BCUT2D eigenvalue weighted by molar-refractivity contribution is 5.51.